The number of nitrogens with zero attached hydrogens (tertiary/aromatic N) is 1. The molecule has 0 aliphatic carbocycles. The van der Waals surface area contributed by atoms with E-state index in [1.807, 2.05) is 0 Å². The van der Waals surface area contributed by atoms with Crippen molar-refractivity contribution in [2.75, 3.05) is 0 Å². The van der Waals surface area contributed by atoms with Crippen LogP contribution in [0.5, 0.6) is 5.75 Å². The van der Waals surface area contributed by atoms with Gasteiger partial charge in [0, 0.05) is 22.2 Å². The zero-order valence-electron chi connectivity index (χ0n) is 13.8. The number of benzene rings is 2. The monoisotopic (exact) mass is 367 g/mol. The molecule has 0 amide bonds. The number of aliphatic imine (C=N–C) groups is 1. The molecule has 0 bridgehead atoms. The number of ether oxygens (including phenoxy) is 2. The number of allylic oxidation sites excluding steroid dienone is 1. The molecule has 0 saturated carbocycles. The highest BCUT2D eigenvalue weighted by Gasteiger charge is 2.24. The number of halogens is 1. The Kier molecular flexibility index (Phi) is 5.29. The summed E-state index contributed by atoms with van der Waals surface area (Å²) in [5, 5.41) is 0.575. The minimum Gasteiger partial charge on any atom is -0.423 e. The van der Waals surface area contributed by atoms with Gasteiger partial charge in [0.25, 0.3) is 0 Å². The van der Waals surface area contributed by atoms with Crippen LogP contribution in [-0.4, -0.2) is 17.8 Å². The van der Waals surface area contributed by atoms with Gasteiger partial charge in [-0.3, -0.25) is 0 Å². The van der Waals surface area contributed by atoms with Crippen molar-refractivity contribution in [3.63, 3.8) is 0 Å². The molecule has 0 unspecified atom stereocenters. The van der Waals surface area contributed by atoms with Crippen molar-refractivity contribution in [2.45, 2.75) is 6.92 Å². The predicted molar refractivity (Wildman–Crippen MR) is 98.9 cm³/mol. The molecular formula is C20H14ClNO4. The molecule has 1 aliphatic heterocycles. The lowest BCUT2D eigenvalue weighted by Gasteiger charge is -2.05. The fourth-order valence-electron chi connectivity index (χ4n) is 2.24. The first kappa shape index (κ1) is 17.6. The van der Waals surface area contributed by atoms with Crippen LogP contribution in [-0.2, 0) is 14.3 Å². The molecule has 0 saturated heterocycles. The van der Waals surface area contributed by atoms with Crippen molar-refractivity contribution in [3.8, 4) is 5.75 Å². The number of hydrogen-bond acceptors (Lipinski definition) is 5. The molecule has 0 fully saturated rings. The molecule has 26 heavy (non-hydrogen) atoms. The van der Waals surface area contributed by atoms with Gasteiger partial charge in [-0.2, -0.15) is 0 Å². The second kappa shape index (κ2) is 7.80. The van der Waals surface area contributed by atoms with Crippen molar-refractivity contribution < 1.29 is 19.1 Å². The van der Waals surface area contributed by atoms with Crippen LogP contribution >= 0.6 is 11.6 Å². The molecular weight excluding hydrogens is 354 g/mol. The van der Waals surface area contributed by atoms with Crippen molar-refractivity contribution in [2.24, 2.45) is 4.99 Å². The highest BCUT2D eigenvalue weighted by atomic mass is 35.5. The van der Waals surface area contributed by atoms with E-state index in [2.05, 4.69) is 4.99 Å². The third-order valence-electron chi connectivity index (χ3n) is 3.44. The number of cyclic esters (lactones) is 1. The third kappa shape index (κ3) is 4.07. The highest BCUT2D eigenvalue weighted by Crippen LogP contribution is 2.25. The number of para-hydroxylation sites is 1. The summed E-state index contributed by atoms with van der Waals surface area (Å²) in [7, 11) is 0. The average Bonchev–Trinajstić information content (AvgIpc) is 2.98. The van der Waals surface area contributed by atoms with Crippen LogP contribution in [0.4, 0.5) is 0 Å². The van der Waals surface area contributed by atoms with Crippen molar-refractivity contribution in [1.82, 2.24) is 0 Å². The summed E-state index contributed by atoms with van der Waals surface area (Å²) in [6, 6.07) is 13.6. The summed E-state index contributed by atoms with van der Waals surface area (Å²) in [5.74, 6) is -0.561. The number of hydrogen-bond donors (Lipinski definition) is 0. The van der Waals surface area contributed by atoms with Crippen molar-refractivity contribution >= 4 is 35.5 Å². The summed E-state index contributed by atoms with van der Waals surface area (Å²) in [6.45, 7) is 1.72. The Morgan fingerprint density at radius 3 is 2.62 bits per heavy atom. The van der Waals surface area contributed by atoms with Crippen LogP contribution in [0.15, 0.2) is 71.4 Å². The number of carbonyl (C=O) groups is 2. The second-order valence-electron chi connectivity index (χ2n) is 5.30. The molecule has 1 aliphatic rings. The van der Waals surface area contributed by atoms with Gasteiger partial charge in [0.15, 0.2) is 5.70 Å². The molecule has 2 aromatic carbocycles. The molecule has 0 radical (unpaired) electrons. The van der Waals surface area contributed by atoms with Crippen LogP contribution in [0, 0.1) is 0 Å². The zero-order valence-corrected chi connectivity index (χ0v) is 14.6. The van der Waals surface area contributed by atoms with Gasteiger partial charge in [0.1, 0.15) is 5.75 Å². The second-order valence-corrected chi connectivity index (χ2v) is 5.74. The lowest BCUT2D eigenvalue weighted by Crippen LogP contribution is -2.06. The quantitative estimate of drug-likeness (QED) is 0.462. The molecule has 130 valence electrons. The number of rotatable bonds is 4. The Bertz CT molecular complexity index is 943. The van der Waals surface area contributed by atoms with Gasteiger partial charge >= 0.3 is 11.9 Å². The number of carbonyl (C=O) groups excluding carboxylic acids is 2. The molecule has 2 aromatic rings. The molecule has 5 nitrogen and oxygen atoms in total. The smallest absolute Gasteiger partial charge is 0.363 e. The van der Waals surface area contributed by atoms with Crippen LogP contribution in [0.1, 0.15) is 18.1 Å². The van der Waals surface area contributed by atoms with Crippen molar-refractivity contribution in [1.29, 1.82) is 0 Å². The Morgan fingerprint density at radius 1 is 1.15 bits per heavy atom. The molecule has 0 aromatic heterocycles. The molecule has 1 heterocycles. The molecule has 0 atom stereocenters. The minimum atomic E-state index is -0.579. The first-order valence-corrected chi connectivity index (χ1v) is 8.16. The summed E-state index contributed by atoms with van der Waals surface area (Å²) in [5.41, 5.74) is 1.29. The normalized spacial score (nSPS) is 15.2. The zero-order chi connectivity index (χ0) is 18.5. The van der Waals surface area contributed by atoms with Gasteiger partial charge in [0.05, 0.1) is 0 Å². The Labute approximate surface area is 155 Å². The summed E-state index contributed by atoms with van der Waals surface area (Å²) >= 11 is 5.86. The van der Waals surface area contributed by atoms with E-state index in [1.165, 1.54) is 12.2 Å². The Hall–Kier alpha value is -3.18. The van der Waals surface area contributed by atoms with Crippen molar-refractivity contribution in [3.05, 3.63) is 82.5 Å². The molecule has 0 N–H and O–H groups in total. The van der Waals surface area contributed by atoms with E-state index >= 15 is 0 Å². The third-order valence-corrected chi connectivity index (χ3v) is 3.69. The van der Waals surface area contributed by atoms with E-state index in [1.54, 1.807) is 61.5 Å². The van der Waals surface area contributed by atoms with E-state index < -0.39 is 11.9 Å². The van der Waals surface area contributed by atoms with E-state index in [0.717, 1.165) is 0 Å². The van der Waals surface area contributed by atoms with E-state index in [-0.39, 0.29) is 11.6 Å². The van der Waals surface area contributed by atoms with Crippen LogP contribution in [0.3, 0.4) is 0 Å². The summed E-state index contributed by atoms with van der Waals surface area (Å²) in [6.07, 6.45) is 4.41. The molecule has 3 rings (SSSR count). The maximum Gasteiger partial charge on any atom is 0.363 e. The highest BCUT2D eigenvalue weighted by molar-refractivity contribution is 6.30. The minimum absolute atomic E-state index is 0.115. The average molecular weight is 368 g/mol. The lowest BCUT2D eigenvalue weighted by atomic mass is 10.1. The largest absolute Gasteiger partial charge is 0.423 e. The topological polar surface area (TPSA) is 65.0 Å². The van der Waals surface area contributed by atoms with Gasteiger partial charge in [-0.15, -0.1) is 0 Å². The fourth-order valence-corrected chi connectivity index (χ4v) is 2.37. The van der Waals surface area contributed by atoms with Gasteiger partial charge in [0.2, 0.25) is 5.90 Å². The fraction of sp³-hybridized carbons (Fsp3) is 0.0500. The maximum absolute atomic E-state index is 12.1. The number of esters is 2. The summed E-state index contributed by atoms with van der Waals surface area (Å²) < 4.78 is 10.5. The first-order chi connectivity index (χ1) is 12.6. The standard InChI is InChI=1S/C20H14ClNO4/c1-2-5-18(23)25-17-7-4-3-6-14(17)12-16-20(24)26-19(22-16)13-8-10-15(21)11-9-13/h2-12H,1H3/b5-2+,16-12-. The van der Waals surface area contributed by atoms with Gasteiger partial charge < -0.3 is 9.47 Å². The van der Waals surface area contributed by atoms with Gasteiger partial charge in [-0.05, 0) is 43.3 Å². The van der Waals surface area contributed by atoms with Crippen LogP contribution < -0.4 is 4.74 Å². The van der Waals surface area contributed by atoms with Crippen LogP contribution in [0.25, 0.3) is 6.08 Å². The van der Waals surface area contributed by atoms with Crippen LogP contribution in [0.2, 0.25) is 5.02 Å². The summed E-state index contributed by atoms with van der Waals surface area (Å²) in [4.78, 5) is 28.0. The lowest BCUT2D eigenvalue weighted by molar-refractivity contribution is -0.130. The molecule has 0 spiro atoms. The van der Waals surface area contributed by atoms with E-state index in [4.69, 9.17) is 21.1 Å². The Morgan fingerprint density at radius 2 is 1.88 bits per heavy atom. The maximum atomic E-state index is 12.1. The first-order valence-electron chi connectivity index (χ1n) is 7.79. The molecule has 6 heteroatoms. The SMILES string of the molecule is C/C=C/C(=O)Oc1ccccc1/C=C1\N=C(c2ccc(Cl)cc2)OC1=O. The van der Waals surface area contributed by atoms with E-state index in [9.17, 15) is 9.59 Å². The Balaban J connectivity index is 1.91. The van der Waals surface area contributed by atoms with Gasteiger partial charge in [-0.25, -0.2) is 14.6 Å². The predicted octanol–water partition coefficient (Wildman–Crippen LogP) is 4.17. The van der Waals surface area contributed by atoms with E-state index in [0.29, 0.717) is 21.9 Å². The van der Waals surface area contributed by atoms with Gasteiger partial charge in [-0.1, -0.05) is 35.9 Å².